The van der Waals surface area contributed by atoms with Gasteiger partial charge in [-0.3, -0.25) is 14.5 Å². The van der Waals surface area contributed by atoms with Crippen molar-refractivity contribution in [2.45, 2.75) is 43.9 Å². The van der Waals surface area contributed by atoms with Gasteiger partial charge in [0.2, 0.25) is 11.5 Å². The van der Waals surface area contributed by atoms with Gasteiger partial charge >= 0.3 is 0 Å². The minimum Gasteiger partial charge on any atom is -0.506 e. The standard InChI is InChI=1S/C37H48N6O6S/c1-41(17-13-38-24-32(45)29-5-7-31(44)35-30(29)6-8-33(46)40-35)34(47)10-20-48-19-9-27-3-2-4-28(23-27)25-42-15-11-37(12-16-42)26-43(18-21-49-37)36-39-14-22-50-36/h2-8,14,22-23,32,38,44-45H,9-13,15-21,24-26H2,1H3,(H,40,46). The van der Waals surface area contributed by atoms with Crippen molar-refractivity contribution in [2.24, 2.45) is 0 Å². The van der Waals surface area contributed by atoms with Gasteiger partial charge in [-0.1, -0.05) is 30.3 Å². The summed E-state index contributed by atoms with van der Waals surface area (Å²) in [5, 5.41) is 27.7. The van der Waals surface area contributed by atoms with Gasteiger partial charge < -0.3 is 39.8 Å². The summed E-state index contributed by atoms with van der Waals surface area (Å²) in [6.45, 7) is 7.69. The number of thiazole rings is 1. The smallest absolute Gasteiger partial charge is 0.248 e. The molecule has 50 heavy (non-hydrogen) atoms. The van der Waals surface area contributed by atoms with E-state index in [1.165, 1.54) is 23.3 Å². The Morgan fingerprint density at radius 3 is 2.82 bits per heavy atom. The monoisotopic (exact) mass is 704 g/mol. The van der Waals surface area contributed by atoms with Gasteiger partial charge in [-0.2, -0.15) is 0 Å². The Bertz CT molecular complexity index is 1760. The van der Waals surface area contributed by atoms with E-state index in [4.69, 9.17) is 9.47 Å². The van der Waals surface area contributed by atoms with E-state index in [-0.39, 0.29) is 29.4 Å². The number of aromatic nitrogens is 2. The Balaban J connectivity index is 0.847. The molecule has 2 fully saturated rings. The molecule has 1 unspecified atom stereocenters. The van der Waals surface area contributed by atoms with Crippen LogP contribution in [0.15, 0.2) is 64.9 Å². The molecule has 1 spiro atoms. The maximum Gasteiger partial charge on any atom is 0.248 e. The molecule has 1 atom stereocenters. The zero-order valence-electron chi connectivity index (χ0n) is 28.7. The molecule has 0 aliphatic carbocycles. The molecule has 4 aromatic rings. The lowest BCUT2D eigenvalue weighted by molar-refractivity contribution is -0.131. The molecule has 1 amide bonds. The summed E-state index contributed by atoms with van der Waals surface area (Å²) < 4.78 is 12.2. The second kappa shape index (κ2) is 16.9. The first kappa shape index (κ1) is 36.0. The van der Waals surface area contributed by atoms with Gasteiger partial charge in [0.1, 0.15) is 5.75 Å². The first-order chi connectivity index (χ1) is 24.3. The average molecular weight is 705 g/mol. The molecule has 2 aliphatic heterocycles. The van der Waals surface area contributed by atoms with E-state index in [2.05, 4.69) is 49.4 Å². The second-order valence-electron chi connectivity index (χ2n) is 13.3. The number of hydrogen-bond donors (Lipinski definition) is 4. The van der Waals surface area contributed by atoms with Crippen molar-refractivity contribution in [1.82, 2.24) is 25.1 Å². The van der Waals surface area contributed by atoms with Crippen molar-refractivity contribution in [1.29, 1.82) is 0 Å². The quantitative estimate of drug-likeness (QED) is 0.136. The van der Waals surface area contributed by atoms with Crippen LogP contribution >= 0.6 is 11.3 Å². The number of phenols is 1. The summed E-state index contributed by atoms with van der Waals surface area (Å²) in [7, 11) is 1.76. The zero-order valence-corrected chi connectivity index (χ0v) is 29.5. The maximum absolute atomic E-state index is 12.6. The lowest BCUT2D eigenvalue weighted by Crippen LogP contribution is -2.56. The third-order valence-electron chi connectivity index (χ3n) is 9.75. The molecule has 6 rings (SSSR count). The highest BCUT2D eigenvalue weighted by atomic mass is 32.1. The highest BCUT2D eigenvalue weighted by molar-refractivity contribution is 7.13. The topological polar surface area (TPSA) is 143 Å². The number of carbonyl (C=O) groups is 1. The Kier molecular flexibility index (Phi) is 12.2. The molecule has 0 bridgehead atoms. The highest BCUT2D eigenvalue weighted by Crippen LogP contribution is 2.33. The molecule has 13 heteroatoms. The molecule has 4 heterocycles. The Hall–Kier alpha value is -3.85. The number of hydrogen-bond acceptors (Lipinski definition) is 11. The molecular formula is C37H48N6O6S. The molecule has 0 radical (unpaired) electrons. The predicted octanol–water partition coefficient (Wildman–Crippen LogP) is 3.29. The van der Waals surface area contributed by atoms with E-state index in [1.54, 1.807) is 35.4 Å². The second-order valence-corrected chi connectivity index (χ2v) is 14.2. The fourth-order valence-corrected chi connectivity index (χ4v) is 7.53. The SMILES string of the molecule is CN(CCNCC(O)c1ccc(O)c2[nH]c(=O)ccc12)C(=O)CCOCCc1cccc(CN2CCC3(CC2)CN(c2nccs2)CCO3)c1. The van der Waals surface area contributed by atoms with Gasteiger partial charge in [0, 0.05) is 82.4 Å². The number of aromatic amines is 1. The highest BCUT2D eigenvalue weighted by Gasteiger charge is 2.40. The number of amides is 1. The number of H-pyrrole nitrogens is 1. The number of likely N-dealkylation sites (tertiary alicyclic amines) is 1. The number of benzene rings is 2. The van der Waals surface area contributed by atoms with E-state index in [9.17, 15) is 19.8 Å². The number of nitrogens with zero attached hydrogens (tertiary/aromatic N) is 4. The number of pyridine rings is 1. The lowest BCUT2D eigenvalue weighted by Gasteiger charge is -2.47. The number of aromatic hydroxyl groups is 1. The number of aliphatic hydroxyl groups is 1. The fourth-order valence-electron chi connectivity index (χ4n) is 6.86. The van der Waals surface area contributed by atoms with Gasteiger partial charge in [-0.05, 0) is 48.1 Å². The fraction of sp³-hybridized carbons (Fsp3) is 0.486. The number of morpholine rings is 1. The minimum absolute atomic E-state index is 0.000614. The van der Waals surface area contributed by atoms with E-state index < -0.39 is 6.10 Å². The number of carbonyl (C=O) groups excluding carboxylic acids is 1. The number of fused-ring (bicyclic) bond motifs is 1. The summed E-state index contributed by atoms with van der Waals surface area (Å²) in [5.41, 5.74) is 3.03. The Labute approximate surface area is 296 Å². The van der Waals surface area contributed by atoms with Crippen LogP contribution in [0.1, 0.15) is 42.1 Å². The first-order valence-corrected chi connectivity index (χ1v) is 18.3. The third kappa shape index (κ3) is 9.27. The van der Waals surface area contributed by atoms with E-state index in [0.29, 0.717) is 49.2 Å². The molecule has 0 saturated carbocycles. The Morgan fingerprint density at radius 1 is 1.16 bits per heavy atom. The van der Waals surface area contributed by atoms with Crippen LogP contribution in [0, 0.1) is 0 Å². The van der Waals surface area contributed by atoms with Gasteiger partial charge in [-0.15, -0.1) is 11.3 Å². The van der Waals surface area contributed by atoms with Crippen molar-refractivity contribution in [3.63, 3.8) is 0 Å². The van der Waals surface area contributed by atoms with Crippen LogP contribution in [0.25, 0.3) is 10.9 Å². The average Bonchev–Trinajstić information content (AvgIpc) is 3.67. The van der Waals surface area contributed by atoms with E-state index in [1.807, 2.05) is 11.6 Å². The van der Waals surface area contributed by atoms with Gasteiger partial charge in [0.25, 0.3) is 0 Å². The molecule has 2 aliphatic rings. The van der Waals surface area contributed by atoms with Gasteiger partial charge in [0.15, 0.2) is 5.13 Å². The largest absolute Gasteiger partial charge is 0.506 e. The number of ether oxygens (including phenoxy) is 2. The van der Waals surface area contributed by atoms with Crippen molar-refractivity contribution >= 4 is 33.3 Å². The summed E-state index contributed by atoms with van der Waals surface area (Å²) in [6, 6.07) is 14.8. The van der Waals surface area contributed by atoms with Crippen LogP contribution in [0.2, 0.25) is 0 Å². The van der Waals surface area contributed by atoms with Gasteiger partial charge in [-0.25, -0.2) is 4.98 Å². The normalized spacial score (nSPS) is 17.0. The summed E-state index contributed by atoms with van der Waals surface area (Å²) in [5.74, 6) is -0.0477. The predicted molar refractivity (Wildman–Crippen MR) is 195 cm³/mol. The molecule has 12 nitrogen and oxygen atoms in total. The molecule has 2 aromatic heterocycles. The third-order valence-corrected chi connectivity index (χ3v) is 10.6. The van der Waals surface area contributed by atoms with Crippen LogP contribution < -0.4 is 15.8 Å². The van der Waals surface area contributed by atoms with Crippen LogP contribution in [0.3, 0.4) is 0 Å². The van der Waals surface area contributed by atoms with Crippen LogP contribution in [-0.2, 0) is 27.2 Å². The van der Waals surface area contributed by atoms with Crippen LogP contribution in [-0.4, -0.2) is 114 Å². The number of aliphatic hydroxyl groups excluding tert-OH is 1. The number of nitrogens with one attached hydrogen (secondary N) is 2. The molecular weight excluding hydrogens is 657 g/mol. The molecule has 4 N–H and O–H groups in total. The summed E-state index contributed by atoms with van der Waals surface area (Å²) in [4.78, 5) is 38.0. The van der Waals surface area contributed by atoms with Crippen molar-refractivity contribution in [3.8, 4) is 5.75 Å². The number of rotatable bonds is 15. The summed E-state index contributed by atoms with van der Waals surface area (Å²) in [6.07, 6.45) is 4.17. The maximum atomic E-state index is 12.6. The van der Waals surface area contributed by atoms with E-state index in [0.717, 1.165) is 63.7 Å². The summed E-state index contributed by atoms with van der Waals surface area (Å²) >= 11 is 1.70. The van der Waals surface area contributed by atoms with Crippen LogP contribution in [0.4, 0.5) is 5.13 Å². The molecule has 2 saturated heterocycles. The van der Waals surface area contributed by atoms with Crippen LogP contribution in [0.5, 0.6) is 5.75 Å². The lowest BCUT2D eigenvalue weighted by atomic mass is 9.89. The number of anilines is 1. The molecule has 268 valence electrons. The molecule has 2 aromatic carbocycles. The van der Waals surface area contributed by atoms with Gasteiger partial charge in [0.05, 0.1) is 43.5 Å². The minimum atomic E-state index is -0.852. The van der Waals surface area contributed by atoms with Crippen molar-refractivity contribution < 1.29 is 24.5 Å². The Morgan fingerprint density at radius 2 is 2.00 bits per heavy atom. The number of phenolic OH excluding ortho intramolecular Hbond substituents is 1. The number of piperidine rings is 1. The van der Waals surface area contributed by atoms with Crippen molar-refractivity contribution in [2.75, 3.05) is 77.6 Å². The number of likely N-dealkylation sites (N-methyl/N-ethyl adjacent to an activating group) is 1. The van der Waals surface area contributed by atoms with E-state index >= 15 is 0 Å². The zero-order chi connectivity index (χ0) is 34.9. The first-order valence-electron chi connectivity index (χ1n) is 17.4. The van der Waals surface area contributed by atoms with Crippen molar-refractivity contribution in [3.05, 3.63) is 87.2 Å².